The molecule has 0 radical (unpaired) electrons. The van der Waals surface area contributed by atoms with Crippen molar-refractivity contribution < 1.29 is 19.5 Å². The fourth-order valence-corrected chi connectivity index (χ4v) is 2.10. The maximum Gasteiger partial charge on any atom is 0.319 e. The largest absolute Gasteiger partial charge is 0.480 e. The Bertz CT molecular complexity index is 579. The fourth-order valence-electron chi connectivity index (χ4n) is 2.10. The minimum atomic E-state index is -1.24. The van der Waals surface area contributed by atoms with Gasteiger partial charge >= 0.3 is 5.97 Å². The van der Waals surface area contributed by atoms with Crippen LogP contribution >= 0.6 is 0 Å². The van der Waals surface area contributed by atoms with E-state index < -0.39 is 17.3 Å². The minimum absolute atomic E-state index is 0.171. The molecule has 21 heavy (non-hydrogen) atoms. The first-order valence-corrected chi connectivity index (χ1v) is 6.88. The number of carboxylic acids is 1. The Labute approximate surface area is 122 Å². The molecule has 2 amide bonds. The maximum atomic E-state index is 11.9. The molecule has 6 nitrogen and oxygen atoms in total. The van der Waals surface area contributed by atoms with E-state index in [1.54, 1.807) is 24.3 Å². The molecule has 1 fully saturated rings. The smallest absolute Gasteiger partial charge is 0.319 e. The van der Waals surface area contributed by atoms with Crippen LogP contribution in [0, 0.1) is 5.41 Å². The molecule has 0 aromatic heterocycles. The Morgan fingerprint density at radius 3 is 2.52 bits per heavy atom. The number of benzene rings is 1. The lowest BCUT2D eigenvalue weighted by atomic mass is 10.1. The highest BCUT2D eigenvalue weighted by molar-refractivity contribution is 6.04. The number of rotatable bonds is 6. The molecule has 1 saturated carbocycles. The van der Waals surface area contributed by atoms with E-state index in [-0.39, 0.29) is 12.5 Å². The van der Waals surface area contributed by atoms with E-state index in [4.69, 9.17) is 5.11 Å². The molecule has 0 unspecified atom stereocenters. The summed E-state index contributed by atoms with van der Waals surface area (Å²) < 4.78 is 0. The van der Waals surface area contributed by atoms with Gasteiger partial charge in [0.2, 0.25) is 5.91 Å². The van der Waals surface area contributed by atoms with Gasteiger partial charge in [-0.3, -0.25) is 14.4 Å². The van der Waals surface area contributed by atoms with Crippen molar-refractivity contribution in [3.8, 4) is 0 Å². The summed E-state index contributed by atoms with van der Waals surface area (Å²) in [6.45, 7) is 2.59. The van der Waals surface area contributed by atoms with Crippen molar-refractivity contribution in [3.63, 3.8) is 0 Å². The summed E-state index contributed by atoms with van der Waals surface area (Å²) >= 11 is 0. The molecule has 1 aliphatic carbocycles. The van der Waals surface area contributed by atoms with Crippen molar-refractivity contribution >= 4 is 17.8 Å². The van der Waals surface area contributed by atoms with Crippen molar-refractivity contribution in [1.29, 1.82) is 0 Å². The molecule has 0 heterocycles. The molecule has 112 valence electrons. The predicted molar refractivity (Wildman–Crippen MR) is 75.6 cm³/mol. The van der Waals surface area contributed by atoms with Crippen LogP contribution in [0.25, 0.3) is 0 Å². The molecule has 1 aliphatic rings. The van der Waals surface area contributed by atoms with Crippen LogP contribution in [-0.4, -0.2) is 29.4 Å². The van der Waals surface area contributed by atoms with E-state index in [1.165, 1.54) is 0 Å². The zero-order valence-corrected chi connectivity index (χ0v) is 11.8. The second kappa shape index (κ2) is 5.95. The van der Waals surface area contributed by atoms with E-state index in [2.05, 4.69) is 10.6 Å². The number of nitrogens with one attached hydrogen (secondary N) is 2. The van der Waals surface area contributed by atoms with Gasteiger partial charge in [-0.25, -0.2) is 0 Å². The van der Waals surface area contributed by atoms with Gasteiger partial charge in [-0.05, 0) is 37.5 Å². The first kappa shape index (κ1) is 15.0. The number of carboxylic acid groups (broad SMARTS) is 1. The number of aliphatic carboxylic acids is 1. The van der Waals surface area contributed by atoms with Crippen LogP contribution in [0.2, 0.25) is 0 Å². The summed E-state index contributed by atoms with van der Waals surface area (Å²) in [5.74, 6) is -1.70. The lowest BCUT2D eigenvalue weighted by Gasteiger charge is -2.11. The molecule has 1 aromatic carbocycles. The summed E-state index contributed by atoms with van der Waals surface area (Å²) in [5.41, 5.74) is 0.0354. The van der Waals surface area contributed by atoms with Gasteiger partial charge in [0.1, 0.15) is 5.41 Å². The monoisotopic (exact) mass is 290 g/mol. The second-order valence-corrected chi connectivity index (χ2v) is 5.13. The summed E-state index contributed by atoms with van der Waals surface area (Å²) in [7, 11) is 0. The summed E-state index contributed by atoms with van der Waals surface area (Å²) in [6.07, 6.45) is 0.764. The van der Waals surface area contributed by atoms with Gasteiger partial charge in [0.15, 0.2) is 0 Å². The van der Waals surface area contributed by atoms with Gasteiger partial charge in [-0.15, -0.1) is 0 Å². The lowest BCUT2D eigenvalue weighted by Crippen LogP contribution is -2.36. The van der Waals surface area contributed by atoms with Gasteiger partial charge in [0.25, 0.3) is 5.91 Å². The molecular formula is C15H18N2O4. The number of carbonyl (C=O) groups excluding carboxylic acids is 2. The number of hydrogen-bond donors (Lipinski definition) is 3. The zero-order chi connectivity index (χ0) is 15.5. The van der Waals surface area contributed by atoms with E-state index in [0.29, 0.717) is 24.9 Å². The predicted octanol–water partition coefficient (Wildman–Crippen LogP) is 0.917. The third-order valence-corrected chi connectivity index (χ3v) is 3.57. The molecule has 0 aliphatic heterocycles. The van der Waals surface area contributed by atoms with Crippen LogP contribution in [0.1, 0.15) is 35.7 Å². The van der Waals surface area contributed by atoms with Crippen LogP contribution < -0.4 is 10.6 Å². The molecule has 2 rings (SSSR count). The van der Waals surface area contributed by atoms with Crippen LogP contribution in [-0.2, 0) is 16.1 Å². The average Bonchev–Trinajstić information content (AvgIpc) is 3.27. The zero-order valence-electron chi connectivity index (χ0n) is 11.8. The second-order valence-electron chi connectivity index (χ2n) is 5.13. The quantitative estimate of drug-likeness (QED) is 0.679. The summed E-state index contributed by atoms with van der Waals surface area (Å²) in [6, 6.07) is 6.89. The normalized spacial score (nSPS) is 15.1. The maximum absolute atomic E-state index is 11.9. The molecule has 0 bridgehead atoms. The van der Waals surface area contributed by atoms with Gasteiger partial charge in [-0.1, -0.05) is 12.1 Å². The third kappa shape index (κ3) is 3.21. The SMILES string of the molecule is CCNC(=O)c1cccc(CNC(=O)C2(C(=O)O)CC2)c1. The minimum Gasteiger partial charge on any atom is -0.480 e. The highest BCUT2D eigenvalue weighted by Gasteiger charge is 2.56. The first-order chi connectivity index (χ1) is 9.99. The van der Waals surface area contributed by atoms with E-state index in [0.717, 1.165) is 5.56 Å². The molecule has 0 atom stereocenters. The fraction of sp³-hybridized carbons (Fsp3) is 0.400. The van der Waals surface area contributed by atoms with Crippen LogP contribution in [0.4, 0.5) is 0 Å². The summed E-state index contributed by atoms with van der Waals surface area (Å²) in [5, 5.41) is 14.4. The van der Waals surface area contributed by atoms with Crippen molar-refractivity contribution in [2.45, 2.75) is 26.3 Å². The molecule has 1 aromatic rings. The number of carbonyl (C=O) groups is 3. The molecule has 0 saturated heterocycles. The highest BCUT2D eigenvalue weighted by atomic mass is 16.4. The van der Waals surface area contributed by atoms with Crippen molar-refractivity contribution in [3.05, 3.63) is 35.4 Å². The molecule has 0 spiro atoms. The van der Waals surface area contributed by atoms with E-state index >= 15 is 0 Å². The van der Waals surface area contributed by atoms with Crippen molar-refractivity contribution in [1.82, 2.24) is 10.6 Å². The van der Waals surface area contributed by atoms with Crippen LogP contribution in [0.5, 0.6) is 0 Å². The Hall–Kier alpha value is -2.37. The summed E-state index contributed by atoms with van der Waals surface area (Å²) in [4.78, 5) is 34.6. The van der Waals surface area contributed by atoms with Gasteiger partial charge < -0.3 is 15.7 Å². The van der Waals surface area contributed by atoms with Gasteiger partial charge in [0.05, 0.1) is 0 Å². The highest BCUT2D eigenvalue weighted by Crippen LogP contribution is 2.46. The molecule has 3 N–H and O–H groups in total. The van der Waals surface area contributed by atoms with E-state index in [1.807, 2.05) is 6.92 Å². The topological polar surface area (TPSA) is 95.5 Å². The number of hydrogen-bond acceptors (Lipinski definition) is 3. The van der Waals surface area contributed by atoms with Crippen molar-refractivity contribution in [2.24, 2.45) is 5.41 Å². The third-order valence-electron chi connectivity index (χ3n) is 3.57. The van der Waals surface area contributed by atoms with Crippen LogP contribution in [0.3, 0.4) is 0 Å². The standard InChI is InChI=1S/C15H18N2O4/c1-2-16-12(18)11-5-3-4-10(8-11)9-17-13(19)15(6-7-15)14(20)21/h3-5,8H,2,6-7,9H2,1H3,(H,16,18)(H,17,19)(H,20,21). The average molecular weight is 290 g/mol. The van der Waals surface area contributed by atoms with Gasteiger partial charge in [0, 0.05) is 18.7 Å². The Morgan fingerprint density at radius 2 is 1.95 bits per heavy atom. The molecule has 6 heteroatoms. The Balaban J connectivity index is 1.98. The van der Waals surface area contributed by atoms with Crippen LogP contribution in [0.15, 0.2) is 24.3 Å². The van der Waals surface area contributed by atoms with Gasteiger partial charge in [-0.2, -0.15) is 0 Å². The number of amides is 2. The first-order valence-electron chi connectivity index (χ1n) is 6.88. The van der Waals surface area contributed by atoms with Crippen molar-refractivity contribution in [2.75, 3.05) is 6.54 Å². The Kier molecular flexibility index (Phi) is 4.26. The Morgan fingerprint density at radius 1 is 1.24 bits per heavy atom. The molecular weight excluding hydrogens is 272 g/mol. The van der Waals surface area contributed by atoms with E-state index in [9.17, 15) is 14.4 Å². The lowest BCUT2D eigenvalue weighted by molar-refractivity contribution is -0.149.